The molecular weight excluding hydrogens is 565 g/mol. The number of aromatic hydroxyl groups is 1. The molecule has 3 aromatic carbocycles. The molecule has 0 aliphatic carbocycles. The van der Waals surface area contributed by atoms with Crippen molar-refractivity contribution in [2.45, 2.75) is 24.2 Å². The van der Waals surface area contributed by atoms with Gasteiger partial charge in [-0.3, -0.25) is 9.59 Å². The monoisotopic (exact) mass is 591 g/mol. The summed E-state index contributed by atoms with van der Waals surface area (Å²) >= 11 is 11.9. The number of anilines is 2. The Hall–Kier alpha value is -2.89. The Morgan fingerprint density at radius 1 is 1.18 bits per heavy atom. The van der Waals surface area contributed by atoms with Crippen LogP contribution in [-0.4, -0.2) is 63.0 Å². The van der Waals surface area contributed by atoms with Gasteiger partial charge in [-0.2, -0.15) is 4.31 Å². The molecular formula is C27H27Cl2N3O6S. The van der Waals surface area contributed by atoms with Gasteiger partial charge in [0.1, 0.15) is 0 Å². The van der Waals surface area contributed by atoms with Crippen molar-refractivity contribution in [3.63, 3.8) is 0 Å². The van der Waals surface area contributed by atoms with Gasteiger partial charge in [-0.1, -0.05) is 35.3 Å². The minimum absolute atomic E-state index is 0.0166. The van der Waals surface area contributed by atoms with E-state index in [1.54, 1.807) is 30.2 Å². The molecule has 2 amide bonds. The lowest BCUT2D eigenvalue weighted by Gasteiger charge is -2.31. The number of benzene rings is 3. The Balaban J connectivity index is 1.37. The first kappa shape index (κ1) is 27.7. The molecule has 0 radical (unpaired) electrons. The summed E-state index contributed by atoms with van der Waals surface area (Å²) in [5.74, 6) is -1.37. The number of rotatable bonds is 8. The lowest BCUT2D eigenvalue weighted by atomic mass is 9.98. The maximum absolute atomic E-state index is 13.4. The van der Waals surface area contributed by atoms with Crippen LogP contribution in [0, 0.1) is 5.92 Å². The molecule has 0 bridgehead atoms. The average molecular weight is 593 g/mol. The van der Waals surface area contributed by atoms with Gasteiger partial charge in [-0.25, -0.2) is 8.42 Å². The highest BCUT2D eigenvalue weighted by atomic mass is 35.5. The van der Waals surface area contributed by atoms with E-state index in [1.165, 1.54) is 4.31 Å². The Labute approximate surface area is 236 Å². The Morgan fingerprint density at radius 3 is 2.64 bits per heavy atom. The summed E-state index contributed by atoms with van der Waals surface area (Å²) in [5, 5.41) is 14.0. The molecule has 1 atom stereocenters. The number of carbonyl (C=O) groups is 2. The molecule has 1 unspecified atom stereocenters. The minimum atomic E-state index is -4.00. The van der Waals surface area contributed by atoms with Crippen molar-refractivity contribution in [3.8, 4) is 5.75 Å². The predicted octanol–water partition coefficient (Wildman–Crippen LogP) is 4.89. The number of halogens is 2. The van der Waals surface area contributed by atoms with Crippen molar-refractivity contribution in [1.29, 1.82) is 0 Å². The molecule has 206 valence electrons. The first-order valence-electron chi connectivity index (χ1n) is 12.5. The second kappa shape index (κ2) is 10.9. The van der Waals surface area contributed by atoms with E-state index in [-0.39, 0.29) is 39.8 Å². The lowest BCUT2D eigenvalue weighted by Crippen LogP contribution is -2.43. The predicted molar refractivity (Wildman–Crippen MR) is 150 cm³/mol. The van der Waals surface area contributed by atoms with Crippen LogP contribution in [0.5, 0.6) is 5.75 Å². The molecule has 0 saturated carbocycles. The molecule has 0 aromatic heterocycles. The van der Waals surface area contributed by atoms with Crippen LogP contribution in [0.15, 0.2) is 47.4 Å². The first-order chi connectivity index (χ1) is 18.6. The number of ether oxygens (including phenoxy) is 1. The van der Waals surface area contributed by atoms with E-state index in [2.05, 4.69) is 5.32 Å². The minimum Gasteiger partial charge on any atom is -0.505 e. The Kier molecular flexibility index (Phi) is 7.76. The van der Waals surface area contributed by atoms with Crippen LogP contribution in [0.1, 0.15) is 29.6 Å². The van der Waals surface area contributed by atoms with Gasteiger partial charge in [0, 0.05) is 55.4 Å². The smallest absolute Gasteiger partial charge is 0.258 e. The van der Waals surface area contributed by atoms with Crippen LogP contribution in [0.2, 0.25) is 10.0 Å². The van der Waals surface area contributed by atoms with Gasteiger partial charge in [-0.05, 0) is 49.6 Å². The van der Waals surface area contributed by atoms with Gasteiger partial charge in [-0.15, -0.1) is 0 Å². The van der Waals surface area contributed by atoms with Crippen molar-refractivity contribution in [2.75, 3.05) is 43.6 Å². The molecule has 3 aromatic rings. The second-order valence-corrected chi connectivity index (χ2v) is 12.3. The molecule has 39 heavy (non-hydrogen) atoms. The zero-order valence-corrected chi connectivity index (χ0v) is 23.4. The fraction of sp³-hybridized carbons (Fsp3) is 0.333. The molecule has 2 N–H and O–H groups in total. The summed E-state index contributed by atoms with van der Waals surface area (Å²) in [5.41, 5.74) is 1.93. The van der Waals surface area contributed by atoms with Gasteiger partial charge in [0.15, 0.2) is 5.75 Å². The summed E-state index contributed by atoms with van der Waals surface area (Å²) in [6, 6.07) is 11.3. The van der Waals surface area contributed by atoms with Gasteiger partial charge >= 0.3 is 0 Å². The number of hydrogen-bond donors (Lipinski definition) is 2. The zero-order chi connectivity index (χ0) is 27.9. The van der Waals surface area contributed by atoms with Crippen LogP contribution < -0.4 is 10.2 Å². The normalized spacial score (nSPS) is 17.7. The summed E-state index contributed by atoms with van der Waals surface area (Å²) < 4.78 is 33.0. The fourth-order valence-corrected chi connectivity index (χ4v) is 7.39. The van der Waals surface area contributed by atoms with E-state index < -0.39 is 21.7 Å². The molecule has 9 nitrogen and oxygen atoms in total. The molecule has 1 fully saturated rings. The van der Waals surface area contributed by atoms with Crippen LogP contribution in [0.3, 0.4) is 0 Å². The number of hydrogen-bond acceptors (Lipinski definition) is 6. The number of amides is 2. The topological polar surface area (TPSA) is 116 Å². The molecule has 0 spiro atoms. The highest BCUT2D eigenvalue weighted by molar-refractivity contribution is 7.89. The summed E-state index contributed by atoms with van der Waals surface area (Å²) in [7, 11) is -2.38. The van der Waals surface area contributed by atoms with Crippen LogP contribution >= 0.6 is 23.2 Å². The van der Waals surface area contributed by atoms with E-state index in [4.69, 9.17) is 27.9 Å². The van der Waals surface area contributed by atoms with E-state index in [9.17, 15) is 23.1 Å². The second-order valence-electron chi connectivity index (χ2n) is 9.59. The third-order valence-corrected chi connectivity index (χ3v) is 9.58. The number of phenols is 1. The van der Waals surface area contributed by atoms with Gasteiger partial charge in [0.25, 0.3) is 5.91 Å². The van der Waals surface area contributed by atoms with E-state index in [0.717, 1.165) is 28.6 Å². The number of nitrogens with zero attached hydrogens (tertiary/aromatic N) is 2. The summed E-state index contributed by atoms with van der Waals surface area (Å²) in [4.78, 5) is 28.0. The third-order valence-electron chi connectivity index (χ3n) is 7.16. The van der Waals surface area contributed by atoms with Crippen molar-refractivity contribution in [1.82, 2.24) is 4.31 Å². The van der Waals surface area contributed by atoms with Crippen molar-refractivity contribution in [3.05, 3.63) is 58.1 Å². The largest absolute Gasteiger partial charge is 0.505 e. The van der Waals surface area contributed by atoms with E-state index in [1.807, 2.05) is 12.1 Å². The number of carbonyl (C=O) groups excluding carboxylic acids is 2. The number of nitrogens with one attached hydrogen (secondary N) is 1. The zero-order valence-electron chi connectivity index (χ0n) is 21.1. The highest BCUT2D eigenvalue weighted by Gasteiger charge is 2.35. The number of piperidine rings is 1. The number of sulfonamides is 1. The molecule has 2 aliphatic heterocycles. The maximum atomic E-state index is 13.4. The van der Waals surface area contributed by atoms with Crippen LogP contribution in [0.25, 0.3) is 10.8 Å². The standard InChI is InChI=1S/C27H27Cl2N3O6S/c1-38-12-4-11-32-23-9-8-22(18-6-2-7-19(24(18)23)27(32)35)30-26(34)16-5-3-10-31(15-16)39(36,37)17-13-20(28)25(33)21(29)14-17/h2,6-9,13-14,16,33H,3-5,10-12,15H2,1H3,(H,30,34). The summed E-state index contributed by atoms with van der Waals surface area (Å²) in [6.07, 6.45) is 1.70. The van der Waals surface area contributed by atoms with Crippen molar-refractivity contribution < 1.29 is 27.9 Å². The van der Waals surface area contributed by atoms with E-state index in [0.29, 0.717) is 43.7 Å². The fourth-order valence-electron chi connectivity index (χ4n) is 5.19. The van der Waals surface area contributed by atoms with E-state index >= 15 is 0 Å². The van der Waals surface area contributed by atoms with Crippen LogP contribution in [-0.2, 0) is 19.6 Å². The molecule has 1 saturated heterocycles. The maximum Gasteiger partial charge on any atom is 0.258 e. The molecule has 12 heteroatoms. The average Bonchev–Trinajstić information content (AvgIpc) is 3.20. The summed E-state index contributed by atoms with van der Waals surface area (Å²) in [6.45, 7) is 1.28. The molecule has 2 heterocycles. The van der Waals surface area contributed by atoms with Gasteiger partial charge in [0.05, 0.1) is 26.5 Å². The quantitative estimate of drug-likeness (QED) is 0.360. The molecule has 5 rings (SSSR count). The number of phenolic OH excluding ortho intramolecular Hbond substituents is 1. The number of methoxy groups -OCH3 is 1. The molecule has 2 aliphatic rings. The third kappa shape index (κ3) is 5.07. The first-order valence-corrected chi connectivity index (χ1v) is 14.7. The highest BCUT2D eigenvalue weighted by Crippen LogP contribution is 2.41. The lowest BCUT2D eigenvalue weighted by molar-refractivity contribution is -0.120. The van der Waals surface area contributed by atoms with Crippen molar-refractivity contribution >= 4 is 67.2 Å². The van der Waals surface area contributed by atoms with Crippen LogP contribution in [0.4, 0.5) is 11.4 Å². The van der Waals surface area contributed by atoms with Gasteiger partial charge < -0.3 is 20.1 Å². The van der Waals surface area contributed by atoms with Crippen molar-refractivity contribution in [2.24, 2.45) is 5.92 Å². The SMILES string of the molecule is COCCCN1C(=O)c2cccc3c(NC(=O)C4CCCN(S(=O)(=O)c5cc(Cl)c(O)c(Cl)c5)C4)ccc1c23. The Morgan fingerprint density at radius 2 is 1.92 bits per heavy atom. The Bertz CT molecular complexity index is 1560. The van der Waals surface area contributed by atoms with Gasteiger partial charge in [0.2, 0.25) is 15.9 Å².